The lowest BCUT2D eigenvalue weighted by molar-refractivity contribution is -0.123. The number of rotatable bonds is 5. The average molecular weight is 323 g/mol. The van der Waals surface area contributed by atoms with Crippen molar-refractivity contribution in [2.75, 3.05) is 0 Å². The summed E-state index contributed by atoms with van der Waals surface area (Å²) in [5.74, 6) is -0.356. The molecule has 6 nitrogen and oxygen atoms in total. The summed E-state index contributed by atoms with van der Waals surface area (Å²) in [6, 6.07) is 12.3. The molecule has 3 rings (SSSR count). The highest BCUT2D eigenvalue weighted by atomic mass is 16.3. The number of para-hydroxylation sites is 1. The minimum atomic E-state index is -1.16. The molecular weight excluding hydrogens is 306 g/mol. The van der Waals surface area contributed by atoms with E-state index in [1.807, 2.05) is 24.3 Å². The lowest BCUT2D eigenvalue weighted by Gasteiger charge is -2.12. The number of ketones is 1. The first-order chi connectivity index (χ1) is 11.5. The number of Topliss-reactive ketones (excluding diaryl/α,β-unsaturated/α-hetero) is 1. The summed E-state index contributed by atoms with van der Waals surface area (Å²) in [7, 11) is 0. The number of phenols is 1. The Morgan fingerprint density at radius 3 is 2.79 bits per heavy atom. The molecule has 0 saturated heterocycles. The monoisotopic (exact) mass is 323 g/mol. The molecule has 0 bridgehead atoms. The fourth-order valence-electron chi connectivity index (χ4n) is 2.51. The Balaban J connectivity index is 1.98. The standard InChI is InChI=1S/C18H17N3O3/c1-11(2)18(24)17(23)10-12-7-8-16(22)15(9-12)21-14-6-4-3-5-13(14)19-20-21/h3-9,17,22-23H,1,10H2,2H3. The SMILES string of the molecule is C=C(C)C(=O)C(O)Cc1ccc(O)c(-n2nnc3ccccc32)c1. The molecule has 0 fully saturated rings. The Morgan fingerprint density at radius 2 is 2.04 bits per heavy atom. The molecule has 1 atom stereocenters. The molecule has 24 heavy (non-hydrogen) atoms. The Hall–Kier alpha value is -2.99. The van der Waals surface area contributed by atoms with E-state index in [9.17, 15) is 15.0 Å². The van der Waals surface area contributed by atoms with Gasteiger partial charge in [0.15, 0.2) is 5.78 Å². The molecule has 0 aliphatic carbocycles. The molecule has 1 heterocycles. The van der Waals surface area contributed by atoms with Crippen molar-refractivity contribution >= 4 is 16.8 Å². The number of nitrogens with zero attached hydrogens (tertiary/aromatic N) is 3. The van der Waals surface area contributed by atoms with Gasteiger partial charge in [-0.05, 0) is 42.3 Å². The number of phenolic OH excluding ortho intramolecular Hbond substituents is 1. The number of aromatic nitrogens is 3. The Morgan fingerprint density at radius 1 is 1.29 bits per heavy atom. The van der Waals surface area contributed by atoms with Crippen LogP contribution in [0.1, 0.15) is 12.5 Å². The van der Waals surface area contributed by atoms with Crippen LogP contribution in [0.25, 0.3) is 16.7 Å². The van der Waals surface area contributed by atoms with Gasteiger partial charge in [-0.25, -0.2) is 4.68 Å². The maximum atomic E-state index is 11.8. The summed E-state index contributed by atoms with van der Waals surface area (Å²) >= 11 is 0. The molecular formula is C18H17N3O3. The summed E-state index contributed by atoms with van der Waals surface area (Å²) in [6.45, 7) is 5.12. The zero-order chi connectivity index (χ0) is 17.3. The van der Waals surface area contributed by atoms with E-state index in [-0.39, 0.29) is 12.2 Å². The van der Waals surface area contributed by atoms with Crippen LogP contribution in [0, 0.1) is 0 Å². The van der Waals surface area contributed by atoms with Crippen molar-refractivity contribution in [3.63, 3.8) is 0 Å². The van der Waals surface area contributed by atoms with Crippen LogP contribution < -0.4 is 0 Å². The van der Waals surface area contributed by atoms with Gasteiger partial charge in [0.25, 0.3) is 0 Å². The van der Waals surface area contributed by atoms with E-state index < -0.39 is 11.9 Å². The lowest BCUT2D eigenvalue weighted by atomic mass is 10.0. The van der Waals surface area contributed by atoms with Crippen LogP contribution in [0.4, 0.5) is 0 Å². The van der Waals surface area contributed by atoms with E-state index in [1.165, 1.54) is 10.7 Å². The zero-order valence-electron chi connectivity index (χ0n) is 13.2. The second kappa shape index (κ2) is 6.25. The van der Waals surface area contributed by atoms with Crippen LogP contribution in [0.5, 0.6) is 5.75 Å². The number of aliphatic hydroxyl groups excluding tert-OH is 1. The van der Waals surface area contributed by atoms with E-state index in [1.54, 1.807) is 19.1 Å². The minimum Gasteiger partial charge on any atom is -0.506 e. The Bertz CT molecular complexity index is 930. The number of aromatic hydroxyl groups is 1. The van der Waals surface area contributed by atoms with Crippen molar-refractivity contribution in [2.45, 2.75) is 19.4 Å². The molecule has 2 N–H and O–H groups in total. The van der Waals surface area contributed by atoms with Crippen molar-refractivity contribution in [3.05, 3.63) is 60.2 Å². The highest BCUT2D eigenvalue weighted by Gasteiger charge is 2.18. The van der Waals surface area contributed by atoms with Crippen molar-refractivity contribution in [2.24, 2.45) is 0 Å². The summed E-state index contributed by atoms with van der Waals surface area (Å²) in [6.07, 6.45) is -1.03. The normalized spacial score (nSPS) is 12.2. The third-order valence-electron chi connectivity index (χ3n) is 3.77. The number of hydrogen-bond donors (Lipinski definition) is 2. The summed E-state index contributed by atoms with van der Waals surface area (Å²) in [4.78, 5) is 11.8. The fraction of sp³-hybridized carbons (Fsp3) is 0.167. The second-order valence-corrected chi connectivity index (χ2v) is 5.68. The predicted molar refractivity (Wildman–Crippen MR) is 90.1 cm³/mol. The number of benzene rings is 2. The van der Waals surface area contributed by atoms with E-state index >= 15 is 0 Å². The number of hydrogen-bond acceptors (Lipinski definition) is 5. The Labute approximate surface area is 138 Å². The smallest absolute Gasteiger partial charge is 0.186 e. The summed E-state index contributed by atoms with van der Waals surface area (Å²) in [5.41, 5.74) is 2.91. The molecule has 3 aromatic rings. The van der Waals surface area contributed by atoms with Crippen LogP contribution in [-0.2, 0) is 11.2 Å². The topological polar surface area (TPSA) is 88.2 Å². The van der Waals surface area contributed by atoms with E-state index in [0.29, 0.717) is 22.3 Å². The van der Waals surface area contributed by atoms with Crippen molar-refractivity contribution in [1.82, 2.24) is 15.0 Å². The first-order valence-corrected chi connectivity index (χ1v) is 7.48. The molecule has 0 spiro atoms. The van der Waals surface area contributed by atoms with Crippen LogP contribution in [0.3, 0.4) is 0 Å². The highest BCUT2D eigenvalue weighted by molar-refractivity contribution is 5.97. The van der Waals surface area contributed by atoms with Gasteiger partial charge in [-0.15, -0.1) is 5.10 Å². The molecule has 122 valence electrons. The first-order valence-electron chi connectivity index (χ1n) is 7.48. The lowest BCUT2D eigenvalue weighted by Crippen LogP contribution is -2.23. The molecule has 0 amide bonds. The molecule has 0 radical (unpaired) electrons. The van der Waals surface area contributed by atoms with Crippen LogP contribution in [0.2, 0.25) is 0 Å². The third kappa shape index (κ3) is 2.91. The molecule has 0 aliphatic heterocycles. The van der Waals surface area contributed by atoms with Crippen LogP contribution in [0.15, 0.2) is 54.6 Å². The third-order valence-corrected chi connectivity index (χ3v) is 3.77. The maximum Gasteiger partial charge on any atom is 0.186 e. The van der Waals surface area contributed by atoms with Crippen LogP contribution >= 0.6 is 0 Å². The number of carbonyl (C=O) groups excluding carboxylic acids is 1. The number of fused-ring (bicyclic) bond motifs is 1. The van der Waals surface area contributed by atoms with Gasteiger partial charge >= 0.3 is 0 Å². The van der Waals surface area contributed by atoms with Crippen molar-refractivity contribution in [3.8, 4) is 11.4 Å². The fourth-order valence-corrected chi connectivity index (χ4v) is 2.51. The van der Waals surface area contributed by atoms with E-state index in [4.69, 9.17) is 0 Å². The second-order valence-electron chi connectivity index (χ2n) is 5.68. The largest absolute Gasteiger partial charge is 0.506 e. The molecule has 1 unspecified atom stereocenters. The van der Waals surface area contributed by atoms with Gasteiger partial charge < -0.3 is 10.2 Å². The summed E-state index contributed by atoms with van der Waals surface area (Å²) < 4.78 is 1.53. The van der Waals surface area contributed by atoms with Crippen molar-refractivity contribution in [1.29, 1.82) is 0 Å². The predicted octanol–water partition coefficient (Wildman–Crippen LogP) is 2.17. The average Bonchev–Trinajstić information content (AvgIpc) is 2.99. The van der Waals surface area contributed by atoms with E-state index in [0.717, 1.165) is 5.52 Å². The molecule has 1 aromatic heterocycles. The van der Waals surface area contributed by atoms with Gasteiger partial charge in [0.05, 0.1) is 5.52 Å². The maximum absolute atomic E-state index is 11.8. The zero-order valence-corrected chi connectivity index (χ0v) is 13.2. The highest BCUT2D eigenvalue weighted by Crippen LogP contribution is 2.26. The van der Waals surface area contributed by atoms with Crippen molar-refractivity contribution < 1.29 is 15.0 Å². The number of aliphatic hydroxyl groups is 1. The van der Waals surface area contributed by atoms with Gasteiger partial charge in [-0.3, -0.25) is 4.79 Å². The molecule has 6 heteroatoms. The number of carbonyl (C=O) groups is 1. The summed E-state index contributed by atoms with van der Waals surface area (Å²) in [5, 5.41) is 28.3. The van der Waals surface area contributed by atoms with E-state index in [2.05, 4.69) is 16.9 Å². The Kier molecular flexibility index (Phi) is 4.14. The minimum absolute atomic E-state index is 0.0371. The first kappa shape index (κ1) is 15.9. The van der Waals surface area contributed by atoms with Gasteiger partial charge in [-0.1, -0.05) is 30.0 Å². The van der Waals surface area contributed by atoms with Gasteiger partial charge in [0, 0.05) is 6.42 Å². The van der Waals surface area contributed by atoms with Gasteiger partial charge in [0.2, 0.25) is 0 Å². The van der Waals surface area contributed by atoms with Crippen LogP contribution in [-0.4, -0.2) is 37.1 Å². The molecule has 0 saturated carbocycles. The quantitative estimate of drug-likeness (QED) is 0.703. The van der Waals surface area contributed by atoms with Gasteiger partial charge in [0.1, 0.15) is 23.1 Å². The molecule has 2 aromatic carbocycles. The molecule has 0 aliphatic rings. The van der Waals surface area contributed by atoms with Gasteiger partial charge in [-0.2, -0.15) is 0 Å².